The van der Waals surface area contributed by atoms with Crippen LogP contribution in [-0.4, -0.2) is 6.61 Å². The maximum absolute atomic E-state index is 6.58. The molecule has 2 aromatic rings. The summed E-state index contributed by atoms with van der Waals surface area (Å²) in [6.45, 7) is 2.78. The first kappa shape index (κ1) is 17.1. The van der Waals surface area contributed by atoms with Crippen LogP contribution in [0.1, 0.15) is 29.8 Å². The minimum absolute atomic E-state index is 0.256. The minimum atomic E-state index is -0.256. The Hall–Kier alpha value is -0.220. The summed E-state index contributed by atoms with van der Waals surface area (Å²) in [6, 6.07) is 11.5. The predicted molar refractivity (Wildman–Crippen MR) is 96.8 cm³/mol. The molecule has 1 unspecified atom stereocenters. The van der Waals surface area contributed by atoms with Gasteiger partial charge in [-0.1, -0.05) is 46.6 Å². The third-order valence-corrected chi connectivity index (χ3v) is 4.97. The summed E-state index contributed by atoms with van der Waals surface area (Å²) in [6.07, 6.45) is 0.976. The van der Waals surface area contributed by atoms with Crippen molar-refractivity contribution in [1.29, 1.82) is 0 Å². The SMILES string of the molecule is CCCOc1ccc(C(Cl)c2ccc(Cl)cc2Br)cc1Br. The highest BCUT2D eigenvalue weighted by molar-refractivity contribution is 9.10. The zero-order valence-corrected chi connectivity index (χ0v) is 16.1. The van der Waals surface area contributed by atoms with E-state index in [0.717, 1.165) is 32.2 Å². The Labute approximate surface area is 151 Å². The molecule has 2 rings (SSSR count). The zero-order chi connectivity index (χ0) is 15.4. The van der Waals surface area contributed by atoms with Crippen molar-refractivity contribution in [3.8, 4) is 5.75 Å². The van der Waals surface area contributed by atoms with Crippen LogP contribution in [0.3, 0.4) is 0 Å². The lowest BCUT2D eigenvalue weighted by atomic mass is 10.0. The molecule has 112 valence electrons. The molecule has 0 aliphatic carbocycles. The van der Waals surface area contributed by atoms with Crippen molar-refractivity contribution in [3.05, 3.63) is 61.5 Å². The highest BCUT2D eigenvalue weighted by atomic mass is 79.9. The van der Waals surface area contributed by atoms with E-state index in [2.05, 4.69) is 38.8 Å². The van der Waals surface area contributed by atoms with Gasteiger partial charge < -0.3 is 4.74 Å². The van der Waals surface area contributed by atoms with Gasteiger partial charge in [0.25, 0.3) is 0 Å². The largest absolute Gasteiger partial charge is 0.492 e. The van der Waals surface area contributed by atoms with Gasteiger partial charge in [-0.2, -0.15) is 0 Å². The van der Waals surface area contributed by atoms with Crippen molar-refractivity contribution in [2.24, 2.45) is 0 Å². The van der Waals surface area contributed by atoms with Crippen LogP contribution in [0, 0.1) is 0 Å². The molecule has 0 aliphatic rings. The van der Waals surface area contributed by atoms with Gasteiger partial charge in [-0.3, -0.25) is 0 Å². The van der Waals surface area contributed by atoms with Gasteiger partial charge in [0.05, 0.1) is 16.5 Å². The van der Waals surface area contributed by atoms with Crippen molar-refractivity contribution in [2.45, 2.75) is 18.7 Å². The normalized spacial score (nSPS) is 12.2. The molecule has 0 saturated heterocycles. The van der Waals surface area contributed by atoms with E-state index in [-0.39, 0.29) is 5.38 Å². The summed E-state index contributed by atoms with van der Waals surface area (Å²) in [5.74, 6) is 0.833. The summed E-state index contributed by atoms with van der Waals surface area (Å²) in [5.41, 5.74) is 1.98. The topological polar surface area (TPSA) is 9.23 Å². The van der Waals surface area contributed by atoms with Crippen LogP contribution in [0.5, 0.6) is 5.75 Å². The lowest BCUT2D eigenvalue weighted by Crippen LogP contribution is -1.98. The van der Waals surface area contributed by atoms with Crippen molar-refractivity contribution >= 4 is 55.1 Å². The number of alkyl halides is 1. The second-order valence-corrected chi connectivity index (χ2v) is 7.15. The lowest BCUT2D eigenvalue weighted by molar-refractivity contribution is 0.315. The standard InChI is InChI=1S/C16H14Br2Cl2O/c1-2-7-21-15-6-3-10(8-14(15)18)16(20)12-5-4-11(19)9-13(12)17/h3-6,8-9,16H,2,7H2,1H3. The van der Waals surface area contributed by atoms with Gasteiger partial charge in [0.1, 0.15) is 5.75 Å². The fourth-order valence-corrected chi connectivity index (χ4v) is 3.77. The summed E-state index contributed by atoms with van der Waals surface area (Å²) >= 11 is 19.6. The predicted octanol–water partition coefficient (Wildman–Crippen LogP) is 6.98. The molecule has 0 aromatic heterocycles. The van der Waals surface area contributed by atoms with E-state index in [9.17, 15) is 0 Å². The molecule has 2 aromatic carbocycles. The van der Waals surface area contributed by atoms with Gasteiger partial charge in [-0.15, -0.1) is 11.6 Å². The number of hydrogen-bond acceptors (Lipinski definition) is 1. The summed E-state index contributed by atoms with van der Waals surface area (Å²) < 4.78 is 7.46. The van der Waals surface area contributed by atoms with Crippen molar-refractivity contribution in [1.82, 2.24) is 0 Å². The van der Waals surface area contributed by atoms with Gasteiger partial charge in [0.2, 0.25) is 0 Å². The molecular weight excluding hydrogens is 439 g/mol. The van der Waals surface area contributed by atoms with Crippen LogP contribution in [-0.2, 0) is 0 Å². The average molecular weight is 453 g/mol. The summed E-state index contributed by atoms with van der Waals surface area (Å²) in [5, 5.41) is 0.423. The van der Waals surface area contributed by atoms with Gasteiger partial charge in [-0.05, 0) is 57.7 Å². The van der Waals surface area contributed by atoms with Crippen molar-refractivity contribution in [2.75, 3.05) is 6.61 Å². The number of hydrogen-bond donors (Lipinski definition) is 0. The highest BCUT2D eigenvalue weighted by Gasteiger charge is 2.16. The maximum atomic E-state index is 6.58. The first-order chi connectivity index (χ1) is 10.0. The number of ether oxygens (including phenoxy) is 1. The Bertz CT molecular complexity index is 632. The second-order valence-electron chi connectivity index (χ2n) is 4.57. The molecular formula is C16H14Br2Cl2O. The first-order valence-electron chi connectivity index (χ1n) is 6.54. The summed E-state index contributed by atoms with van der Waals surface area (Å²) in [4.78, 5) is 0. The molecule has 0 radical (unpaired) electrons. The molecule has 0 amide bonds. The van der Waals surface area contributed by atoms with Gasteiger partial charge in [0, 0.05) is 9.50 Å². The fourth-order valence-electron chi connectivity index (χ4n) is 1.89. The minimum Gasteiger partial charge on any atom is -0.492 e. The van der Waals surface area contributed by atoms with Crippen LogP contribution in [0.4, 0.5) is 0 Å². The molecule has 0 saturated carbocycles. The summed E-state index contributed by atoms with van der Waals surface area (Å²) in [7, 11) is 0. The maximum Gasteiger partial charge on any atom is 0.133 e. The third kappa shape index (κ3) is 4.38. The Kier molecular flexibility index (Phi) is 6.42. The van der Waals surface area contributed by atoms with Crippen LogP contribution < -0.4 is 4.74 Å². The van der Waals surface area contributed by atoms with Crippen LogP contribution >= 0.6 is 55.1 Å². The van der Waals surface area contributed by atoms with Gasteiger partial charge >= 0.3 is 0 Å². The van der Waals surface area contributed by atoms with E-state index in [1.165, 1.54) is 0 Å². The lowest BCUT2D eigenvalue weighted by Gasteiger charge is -2.15. The molecule has 21 heavy (non-hydrogen) atoms. The monoisotopic (exact) mass is 450 g/mol. The highest BCUT2D eigenvalue weighted by Crippen LogP contribution is 2.37. The second kappa shape index (κ2) is 7.87. The molecule has 0 aliphatic heterocycles. The zero-order valence-electron chi connectivity index (χ0n) is 11.4. The van der Waals surface area contributed by atoms with Gasteiger partial charge in [0.15, 0.2) is 0 Å². The van der Waals surface area contributed by atoms with Gasteiger partial charge in [-0.25, -0.2) is 0 Å². The molecule has 0 fully saturated rings. The van der Waals surface area contributed by atoms with Crippen molar-refractivity contribution < 1.29 is 4.74 Å². The average Bonchev–Trinajstić information content (AvgIpc) is 2.45. The number of halogens is 4. The smallest absolute Gasteiger partial charge is 0.133 e. The number of benzene rings is 2. The Morgan fingerprint density at radius 1 is 1.10 bits per heavy atom. The molecule has 0 spiro atoms. The molecule has 0 heterocycles. The van der Waals surface area contributed by atoms with Crippen molar-refractivity contribution in [3.63, 3.8) is 0 Å². The Morgan fingerprint density at radius 2 is 1.86 bits per heavy atom. The molecule has 1 atom stereocenters. The molecule has 5 heteroatoms. The molecule has 0 N–H and O–H groups in total. The van der Waals surface area contributed by atoms with E-state index in [4.69, 9.17) is 27.9 Å². The first-order valence-corrected chi connectivity index (χ1v) is 8.94. The van der Waals surface area contributed by atoms with Crippen LogP contribution in [0.25, 0.3) is 0 Å². The third-order valence-electron chi connectivity index (χ3n) is 2.95. The molecule has 1 nitrogen and oxygen atoms in total. The van der Waals surface area contributed by atoms with E-state index >= 15 is 0 Å². The van der Waals surface area contributed by atoms with E-state index < -0.39 is 0 Å². The Morgan fingerprint density at radius 3 is 2.48 bits per heavy atom. The van der Waals surface area contributed by atoms with Crippen LogP contribution in [0.15, 0.2) is 45.3 Å². The van der Waals surface area contributed by atoms with E-state index in [1.807, 2.05) is 36.4 Å². The Balaban J connectivity index is 2.27. The molecule has 0 bridgehead atoms. The fraction of sp³-hybridized carbons (Fsp3) is 0.250. The quantitative estimate of drug-likeness (QED) is 0.444. The number of rotatable bonds is 5. The van der Waals surface area contributed by atoms with E-state index in [0.29, 0.717) is 11.6 Å². The van der Waals surface area contributed by atoms with Crippen LogP contribution in [0.2, 0.25) is 5.02 Å². The van der Waals surface area contributed by atoms with E-state index in [1.54, 1.807) is 0 Å².